The summed E-state index contributed by atoms with van der Waals surface area (Å²) in [5, 5.41) is 23.5. The van der Waals surface area contributed by atoms with Crippen molar-refractivity contribution in [3.05, 3.63) is 28.8 Å². The van der Waals surface area contributed by atoms with Crippen molar-refractivity contribution in [2.75, 3.05) is 6.54 Å². The monoisotopic (exact) mass is 406 g/mol. The Hall–Kier alpha value is -1.84. The lowest BCUT2D eigenvalue weighted by molar-refractivity contribution is -0.163. The van der Waals surface area contributed by atoms with Crippen molar-refractivity contribution < 1.29 is 19.8 Å². The van der Waals surface area contributed by atoms with E-state index in [4.69, 9.17) is 0 Å². The molecule has 0 bridgehead atoms. The number of thioether (sulfide) groups is 1. The number of hydrogen-bond acceptors (Lipinski definition) is 6. The average molecular weight is 407 g/mol. The number of rotatable bonds is 6. The van der Waals surface area contributed by atoms with Crippen molar-refractivity contribution in [1.82, 2.24) is 19.8 Å². The van der Waals surface area contributed by atoms with Gasteiger partial charge in [-0.3, -0.25) is 4.79 Å². The molecule has 2 saturated heterocycles. The van der Waals surface area contributed by atoms with Crippen LogP contribution < -0.4 is 5.32 Å². The first-order chi connectivity index (χ1) is 13.3. The van der Waals surface area contributed by atoms with Crippen LogP contribution in [0.25, 0.3) is 0 Å². The summed E-state index contributed by atoms with van der Waals surface area (Å²) in [6.07, 6.45) is 4.70. The minimum atomic E-state index is -1.06. The topological polar surface area (TPSA) is 108 Å². The number of carbonyl (C=O) groups is 2. The van der Waals surface area contributed by atoms with Crippen molar-refractivity contribution in [2.24, 2.45) is 18.9 Å². The van der Waals surface area contributed by atoms with E-state index >= 15 is 0 Å². The van der Waals surface area contributed by atoms with Gasteiger partial charge in [-0.15, -0.1) is 11.8 Å². The molecule has 1 aromatic heterocycles. The summed E-state index contributed by atoms with van der Waals surface area (Å²) in [7, 11) is 1.98. The Morgan fingerprint density at radius 3 is 2.86 bits per heavy atom. The van der Waals surface area contributed by atoms with Gasteiger partial charge in [-0.25, -0.2) is 9.78 Å². The molecule has 152 valence electrons. The highest BCUT2D eigenvalue weighted by Crippen LogP contribution is 2.51. The van der Waals surface area contributed by atoms with Gasteiger partial charge >= 0.3 is 5.97 Å². The molecule has 1 amide bonds. The number of amides is 1. The van der Waals surface area contributed by atoms with E-state index < -0.39 is 18.0 Å². The second kappa shape index (κ2) is 7.20. The third-order valence-electron chi connectivity index (χ3n) is 6.16. The molecule has 28 heavy (non-hydrogen) atoms. The first kappa shape index (κ1) is 19.5. The van der Waals surface area contributed by atoms with Crippen molar-refractivity contribution in [2.45, 2.75) is 50.1 Å². The van der Waals surface area contributed by atoms with E-state index in [2.05, 4.69) is 10.3 Å². The van der Waals surface area contributed by atoms with E-state index in [1.807, 2.05) is 24.7 Å². The highest BCUT2D eigenvalue weighted by molar-refractivity contribution is 8.03. The second-order valence-electron chi connectivity index (χ2n) is 8.05. The largest absolute Gasteiger partial charge is 0.477 e. The minimum Gasteiger partial charge on any atom is -0.477 e. The fraction of sp³-hybridized carbons (Fsp3) is 0.632. The molecule has 2 fully saturated rings. The number of carboxylic acid groups (broad SMARTS) is 1. The molecule has 4 heterocycles. The van der Waals surface area contributed by atoms with E-state index in [0.29, 0.717) is 6.04 Å². The smallest absolute Gasteiger partial charge is 0.353 e. The molecule has 3 aliphatic heterocycles. The molecule has 4 rings (SSSR count). The van der Waals surface area contributed by atoms with Gasteiger partial charge in [-0.05, 0) is 13.3 Å². The number of nitrogens with zero attached hydrogens (tertiary/aromatic N) is 3. The zero-order valence-electron chi connectivity index (χ0n) is 16.2. The van der Waals surface area contributed by atoms with E-state index in [1.165, 1.54) is 4.90 Å². The van der Waals surface area contributed by atoms with Crippen LogP contribution in [-0.4, -0.2) is 66.5 Å². The molecular formula is C19H26N4O4S. The Kier molecular flexibility index (Phi) is 5.01. The molecule has 6 atom stereocenters. The van der Waals surface area contributed by atoms with Crippen LogP contribution in [0.1, 0.15) is 26.0 Å². The van der Waals surface area contributed by atoms with Gasteiger partial charge in [0.25, 0.3) is 0 Å². The van der Waals surface area contributed by atoms with Crippen LogP contribution in [-0.2, 0) is 23.1 Å². The van der Waals surface area contributed by atoms with Crippen LogP contribution in [0, 0.1) is 11.8 Å². The number of carboxylic acids is 1. The Morgan fingerprint density at radius 2 is 2.25 bits per heavy atom. The Balaban J connectivity index is 1.47. The van der Waals surface area contributed by atoms with Crippen LogP contribution >= 0.6 is 11.8 Å². The summed E-state index contributed by atoms with van der Waals surface area (Å²) in [6, 6.07) is 0.0723. The van der Waals surface area contributed by atoms with Gasteiger partial charge in [0.15, 0.2) is 0 Å². The summed E-state index contributed by atoms with van der Waals surface area (Å²) in [6.45, 7) is 4.37. The lowest BCUT2D eigenvalue weighted by Gasteiger charge is -2.46. The number of nitrogens with one attached hydrogen (secondary N) is 1. The van der Waals surface area contributed by atoms with Gasteiger partial charge in [0.1, 0.15) is 5.70 Å². The number of aliphatic carboxylic acids is 1. The number of aryl methyl sites for hydroxylation is 1. The van der Waals surface area contributed by atoms with Gasteiger partial charge in [0.05, 0.1) is 24.4 Å². The van der Waals surface area contributed by atoms with Crippen molar-refractivity contribution >= 4 is 23.6 Å². The molecule has 0 saturated carbocycles. The summed E-state index contributed by atoms with van der Waals surface area (Å²) in [5.74, 6) is -1.93. The fourth-order valence-electron chi connectivity index (χ4n) is 4.72. The lowest BCUT2D eigenvalue weighted by Crippen LogP contribution is -2.63. The maximum atomic E-state index is 12.4. The maximum absolute atomic E-state index is 12.4. The second-order valence-corrected chi connectivity index (χ2v) is 9.39. The predicted octanol–water partition coefficient (Wildman–Crippen LogP) is 0.580. The minimum absolute atomic E-state index is 0.0791. The van der Waals surface area contributed by atoms with Gasteiger partial charge < -0.3 is 25.0 Å². The SMILES string of the molecule is C[C@@H](O)[C@H]1C(=O)N2C(C(=O)O)=C(S[C@@H]3CN[C@@H](Cc4cncn4C)C3)[C@H](C)[C@H]12. The molecule has 3 aliphatic rings. The fourth-order valence-corrected chi connectivity index (χ4v) is 6.24. The van der Waals surface area contributed by atoms with Crippen LogP contribution in [0.5, 0.6) is 0 Å². The highest BCUT2D eigenvalue weighted by atomic mass is 32.2. The zero-order valence-corrected chi connectivity index (χ0v) is 17.0. The van der Waals surface area contributed by atoms with Gasteiger partial charge in [0.2, 0.25) is 5.91 Å². The van der Waals surface area contributed by atoms with Crippen LogP contribution in [0.4, 0.5) is 0 Å². The lowest BCUT2D eigenvalue weighted by atomic mass is 9.79. The van der Waals surface area contributed by atoms with Crippen molar-refractivity contribution in [3.8, 4) is 0 Å². The van der Waals surface area contributed by atoms with Crippen molar-refractivity contribution in [3.63, 3.8) is 0 Å². The Bertz CT molecular complexity index is 836. The summed E-state index contributed by atoms with van der Waals surface area (Å²) >= 11 is 1.58. The van der Waals surface area contributed by atoms with E-state index in [9.17, 15) is 19.8 Å². The Morgan fingerprint density at radius 1 is 1.50 bits per heavy atom. The number of aliphatic hydroxyl groups excluding tert-OH is 1. The highest BCUT2D eigenvalue weighted by Gasteiger charge is 2.60. The van der Waals surface area contributed by atoms with Crippen LogP contribution in [0.15, 0.2) is 23.1 Å². The van der Waals surface area contributed by atoms with E-state index in [0.717, 1.165) is 30.0 Å². The van der Waals surface area contributed by atoms with Gasteiger partial charge in [-0.2, -0.15) is 0 Å². The average Bonchev–Trinajstić information content (AvgIpc) is 3.28. The third kappa shape index (κ3) is 3.05. The molecule has 0 aromatic carbocycles. The number of imidazole rings is 1. The third-order valence-corrected chi connectivity index (χ3v) is 7.67. The first-order valence-electron chi connectivity index (χ1n) is 9.63. The number of aromatic nitrogens is 2. The molecule has 8 nitrogen and oxygen atoms in total. The van der Waals surface area contributed by atoms with E-state index in [-0.39, 0.29) is 28.8 Å². The number of carbonyl (C=O) groups excluding carboxylic acids is 1. The van der Waals surface area contributed by atoms with Crippen LogP contribution in [0.2, 0.25) is 0 Å². The standard InChI is InChI=1S/C19H26N4O4S/c1-9-15-14(10(2)24)18(25)23(15)16(19(26)27)17(9)28-13-5-11(21-7-13)4-12-6-20-8-22(12)3/h6,8-11,13-15,21,24H,4-5,7H2,1-3H3,(H,26,27)/t9-,10-,11+,13+,14-,15-/m1/s1. The molecule has 9 heteroatoms. The zero-order chi connectivity index (χ0) is 20.2. The van der Waals surface area contributed by atoms with Crippen molar-refractivity contribution in [1.29, 1.82) is 0 Å². The number of hydrogen-bond donors (Lipinski definition) is 3. The first-order valence-corrected chi connectivity index (χ1v) is 10.5. The summed E-state index contributed by atoms with van der Waals surface area (Å²) in [4.78, 5) is 30.6. The molecule has 0 unspecified atom stereocenters. The van der Waals surface area contributed by atoms with Gasteiger partial charge in [0, 0.05) is 54.0 Å². The normalized spacial score (nSPS) is 33.2. The summed E-state index contributed by atoms with van der Waals surface area (Å²) in [5.41, 5.74) is 1.27. The Labute approximate surface area is 168 Å². The molecule has 0 aliphatic carbocycles. The molecule has 0 radical (unpaired) electrons. The van der Waals surface area contributed by atoms with Crippen LogP contribution in [0.3, 0.4) is 0 Å². The maximum Gasteiger partial charge on any atom is 0.353 e. The quantitative estimate of drug-likeness (QED) is 0.593. The molecule has 0 spiro atoms. The molecule has 1 aromatic rings. The predicted molar refractivity (Wildman–Crippen MR) is 104 cm³/mol. The van der Waals surface area contributed by atoms with E-state index in [1.54, 1.807) is 25.0 Å². The van der Waals surface area contributed by atoms with Gasteiger partial charge in [-0.1, -0.05) is 6.92 Å². The summed E-state index contributed by atoms with van der Waals surface area (Å²) < 4.78 is 2.01. The number of fused-ring (bicyclic) bond motifs is 1. The molecular weight excluding hydrogens is 380 g/mol. The number of aliphatic hydroxyl groups is 1. The molecule has 3 N–H and O–H groups in total. The number of β-lactam (4-membered cyclic amide) rings is 1.